The fourth-order valence-electron chi connectivity index (χ4n) is 3.17. The standard InChI is InChI=1S/C20H23NO4S/c1-2-13-21(17-12-14-26(23,24)15-17)20(22)16-8-10-19(11-9-16)25-18-6-4-3-5-7-18/h3-11,17H,2,12-15H2,1H3. The van der Waals surface area contributed by atoms with E-state index in [1.165, 1.54) is 0 Å². The minimum Gasteiger partial charge on any atom is -0.457 e. The van der Waals surface area contributed by atoms with E-state index in [0.717, 1.165) is 12.2 Å². The molecule has 1 fully saturated rings. The van der Waals surface area contributed by atoms with Crippen LogP contribution in [0.3, 0.4) is 0 Å². The van der Waals surface area contributed by atoms with Crippen LogP contribution >= 0.6 is 0 Å². The van der Waals surface area contributed by atoms with Gasteiger partial charge in [-0.05, 0) is 49.2 Å². The van der Waals surface area contributed by atoms with E-state index < -0.39 is 9.84 Å². The van der Waals surface area contributed by atoms with Crippen molar-refractivity contribution >= 4 is 15.7 Å². The Morgan fingerprint density at radius 2 is 1.73 bits per heavy atom. The summed E-state index contributed by atoms with van der Waals surface area (Å²) in [5.74, 6) is 1.48. The molecule has 0 N–H and O–H groups in total. The Hall–Kier alpha value is -2.34. The smallest absolute Gasteiger partial charge is 0.254 e. The number of carbonyl (C=O) groups is 1. The average molecular weight is 373 g/mol. The predicted molar refractivity (Wildman–Crippen MR) is 101 cm³/mol. The van der Waals surface area contributed by atoms with Gasteiger partial charge in [0, 0.05) is 18.2 Å². The normalized spacial score (nSPS) is 18.4. The number of sulfone groups is 1. The summed E-state index contributed by atoms with van der Waals surface area (Å²) < 4.78 is 29.3. The van der Waals surface area contributed by atoms with E-state index in [2.05, 4.69) is 0 Å². The Kier molecular flexibility index (Phi) is 5.61. The summed E-state index contributed by atoms with van der Waals surface area (Å²) in [5, 5.41) is 0. The van der Waals surface area contributed by atoms with E-state index >= 15 is 0 Å². The summed E-state index contributed by atoms with van der Waals surface area (Å²) in [4.78, 5) is 14.6. The van der Waals surface area contributed by atoms with E-state index in [1.807, 2.05) is 37.3 Å². The van der Waals surface area contributed by atoms with Crippen molar-refractivity contribution in [2.75, 3.05) is 18.1 Å². The molecule has 1 saturated heterocycles. The summed E-state index contributed by atoms with van der Waals surface area (Å²) in [5.41, 5.74) is 0.545. The second kappa shape index (κ2) is 7.91. The summed E-state index contributed by atoms with van der Waals surface area (Å²) in [6.07, 6.45) is 1.31. The monoisotopic (exact) mass is 373 g/mol. The van der Waals surface area contributed by atoms with Gasteiger partial charge in [0.25, 0.3) is 5.91 Å². The van der Waals surface area contributed by atoms with Crippen LogP contribution in [0.25, 0.3) is 0 Å². The van der Waals surface area contributed by atoms with E-state index in [-0.39, 0.29) is 23.5 Å². The molecular formula is C20H23NO4S. The lowest BCUT2D eigenvalue weighted by Crippen LogP contribution is -2.41. The molecule has 0 saturated carbocycles. The first-order valence-corrected chi connectivity index (χ1v) is 10.6. The van der Waals surface area contributed by atoms with Gasteiger partial charge in [-0.25, -0.2) is 8.42 Å². The van der Waals surface area contributed by atoms with Crippen LogP contribution in [0.4, 0.5) is 0 Å². The van der Waals surface area contributed by atoms with Gasteiger partial charge < -0.3 is 9.64 Å². The second-order valence-corrected chi connectivity index (χ2v) is 8.72. The molecule has 0 spiro atoms. The van der Waals surface area contributed by atoms with Crippen molar-refractivity contribution in [1.29, 1.82) is 0 Å². The first kappa shape index (κ1) is 18.5. The molecule has 1 amide bonds. The van der Waals surface area contributed by atoms with Crippen LogP contribution in [0, 0.1) is 0 Å². The molecule has 1 heterocycles. The minimum atomic E-state index is -3.03. The molecule has 2 aromatic carbocycles. The number of benzene rings is 2. The van der Waals surface area contributed by atoms with Gasteiger partial charge in [0.1, 0.15) is 11.5 Å². The van der Waals surface area contributed by atoms with Gasteiger partial charge in [-0.3, -0.25) is 4.79 Å². The molecule has 2 aromatic rings. The summed E-state index contributed by atoms with van der Waals surface area (Å²) in [6.45, 7) is 2.54. The number of hydrogen-bond acceptors (Lipinski definition) is 4. The Labute approximate surface area is 154 Å². The Morgan fingerprint density at radius 3 is 2.31 bits per heavy atom. The van der Waals surface area contributed by atoms with Crippen molar-refractivity contribution in [1.82, 2.24) is 4.90 Å². The number of nitrogens with zero attached hydrogens (tertiary/aromatic N) is 1. The first-order valence-electron chi connectivity index (χ1n) is 8.83. The third kappa shape index (κ3) is 4.43. The van der Waals surface area contributed by atoms with Gasteiger partial charge in [-0.1, -0.05) is 25.1 Å². The average Bonchev–Trinajstić information content (AvgIpc) is 3.00. The third-order valence-electron chi connectivity index (χ3n) is 4.45. The van der Waals surface area contributed by atoms with Gasteiger partial charge in [0.15, 0.2) is 9.84 Å². The molecule has 5 nitrogen and oxygen atoms in total. The number of rotatable bonds is 6. The van der Waals surface area contributed by atoms with E-state index in [1.54, 1.807) is 29.2 Å². The number of ether oxygens (including phenoxy) is 1. The molecule has 1 aliphatic rings. The number of carbonyl (C=O) groups excluding carboxylic acids is 1. The third-order valence-corrected chi connectivity index (χ3v) is 6.21. The highest BCUT2D eigenvalue weighted by Crippen LogP contribution is 2.24. The lowest BCUT2D eigenvalue weighted by molar-refractivity contribution is 0.0697. The van der Waals surface area contributed by atoms with Gasteiger partial charge in [-0.15, -0.1) is 0 Å². The molecule has 0 aromatic heterocycles. The lowest BCUT2D eigenvalue weighted by atomic mass is 10.1. The zero-order chi connectivity index (χ0) is 18.6. The molecule has 0 aliphatic carbocycles. The highest BCUT2D eigenvalue weighted by molar-refractivity contribution is 7.91. The molecule has 1 aliphatic heterocycles. The summed E-state index contributed by atoms with van der Waals surface area (Å²) >= 11 is 0. The van der Waals surface area contributed by atoms with Gasteiger partial charge in [0.2, 0.25) is 0 Å². The summed E-state index contributed by atoms with van der Waals surface area (Å²) in [7, 11) is -3.03. The molecule has 138 valence electrons. The van der Waals surface area contributed by atoms with Crippen LogP contribution in [0.1, 0.15) is 30.1 Å². The first-order chi connectivity index (χ1) is 12.5. The van der Waals surface area contributed by atoms with Gasteiger partial charge in [-0.2, -0.15) is 0 Å². The summed E-state index contributed by atoms with van der Waals surface area (Å²) in [6, 6.07) is 16.2. The van der Waals surface area contributed by atoms with Crippen molar-refractivity contribution in [2.45, 2.75) is 25.8 Å². The van der Waals surface area contributed by atoms with Crippen molar-refractivity contribution in [3.05, 3.63) is 60.2 Å². The number of amides is 1. The minimum absolute atomic E-state index is 0.0634. The molecule has 3 rings (SSSR count). The van der Waals surface area contributed by atoms with Gasteiger partial charge in [0.05, 0.1) is 11.5 Å². The van der Waals surface area contributed by atoms with Crippen LogP contribution in [0.2, 0.25) is 0 Å². The SMILES string of the molecule is CCCN(C(=O)c1ccc(Oc2ccccc2)cc1)C1CCS(=O)(=O)C1. The zero-order valence-corrected chi connectivity index (χ0v) is 15.6. The Balaban J connectivity index is 1.73. The number of hydrogen-bond donors (Lipinski definition) is 0. The van der Waals surface area contributed by atoms with Crippen LogP contribution in [-0.4, -0.2) is 43.3 Å². The largest absolute Gasteiger partial charge is 0.457 e. The molecular weight excluding hydrogens is 350 g/mol. The predicted octanol–water partition coefficient (Wildman–Crippen LogP) is 3.52. The maximum absolute atomic E-state index is 12.9. The maximum atomic E-state index is 12.9. The second-order valence-electron chi connectivity index (χ2n) is 6.49. The van der Waals surface area contributed by atoms with Crippen molar-refractivity contribution in [3.8, 4) is 11.5 Å². The van der Waals surface area contributed by atoms with E-state index in [9.17, 15) is 13.2 Å². The van der Waals surface area contributed by atoms with Crippen LogP contribution in [-0.2, 0) is 9.84 Å². The molecule has 1 atom stereocenters. The molecule has 0 radical (unpaired) electrons. The van der Waals surface area contributed by atoms with Crippen LogP contribution in [0.15, 0.2) is 54.6 Å². The maximum Gasteiger partial charge on any atom is 0.254 e. The number of para-hydroxylation sites is 1. The highest BCUT2D eigenvalue weighted by Gasteiger charge is 2.34. The van der Waals surface area contributed by atoms with Crippen molar-refractivity contribution in [3.63, 3.8) is 0 Å². The van der Waals surface area contributed by atoms with Gasteiger partial charge >= 0.3 is 0 Å². The topological polar surface area (TPSA) is 63.7 Å². The molecule has 26 heavy (non-hydrogen) atoms. The van der Waals surface area contributed by atoms with E-state index in [0.29, 0.717) is 24.3 Å². The van der Waals surface area contributed by atoms with Crippen LogP contribution < -0.4 is 4.74 Å². The Morgan fingerprint density at radius 1 is 1.08 bits per heavy atom. The van der Waals surface area contributed by atoms with Crippen molar-refractivity contribution < 1.29 is 17.9 Å². The lowest BCUT2D eigenvalue weighted by Gasteiger charge is -2.28. The van der Waals surface area contributed by atoms with E-state index in [4.69, 9.17) is 4.74 Å². The fourth-order valence-corrected chi connectivity index (χ4v) is 4.90. The molecule has 6 heteroatoms. The zero-order valence-electron chi connectivity index (χ0n) is 14.8. The highest BCUT2D eigenvalue weighted by atomic mass is 32.2. The Bertz CT molecular complexity index is 847. The molecule has 1 unspecified atom stereocenters. The quantitative estimate of drug-likeness (QED) is 0.777. The fraction of sp³-hybridized carbons (Fsp3) is 0.350. The van der Waals surface area contributed by atoms with Crippen LogP contribution in [0.5, 0.6) is 11.5 Å². The van der Waals surface area contributed by atoms with Crippen molar-refractivity contribution in [2.24, 2.45) is 0 Å². The molecule has 0 bridgehead atoms.